The molecule has 102 valence electrons. The van der Waals surface area contributed by atoms with E-state index >= 15 is 0 Å². The average Bonchev–Trinajstić information content (AvgIpc) is 2.39. The van der Waals surface area contributed by atoms with Crippen LogP contribution in [0.15, 0.2) is 41.4 Å². The summed E-state index contributed by atoms with van der Waals surface area (Å²) in [5.74, 6) is -0.385. The van der Waals surface area contributed by atoms with E-state index in [4.69, 9.17) is 11.6 Å². The van der Waals surface area contributed by atoms with E-state index in [0.29, 0.717) is 10.6 Å². The van der Waals surface area contributed by atoms with Crippen molar-refractivity contribution in [2.75, 3.05) is 0 Å². The molecule has 0 bridgehead atoms. The molecule has 0 amide bonds. The van der Waals surface area contributed by atoms with Crippen molar-refractivity contribution in [1.82, 2.24) is 0 Å². The van der Waals surface area contributed by atoms with Crippen molar-refractivity contribution in [2.45, 2.75) is 0 Å². The molecule has 0 saturated heterocycles. The molecular weight excluding hydrogens is 284 g/mol. The first-order chi connectivity index (χ1) is 9.49. The maximum atomic E-state index is 10.5. The van der Waals surface area contributed by atoms with Crippen LogP contribution in [-0.2, 0) is 0 Å². The highest BCUT2D eigenvalue weighted by molar-refractivity contribution is 6.33. The molecule has 0 aliphatic carbocycles. The highest BCUT2D eigenvalue weighted by Crippen LogP contribution is 2.31. The molecule has 20 heavy (non-hydrogen) atoms. The first-order valence-corrected chi connectivity index (χ1v) is 5.86. The van der Waals surface area contributed by atoms with Crippen LogP contribution >= 0.6 is 11.6 Å². The molecule has 0 aliphatic rings. The van der Waals surface area contributed by atoms with Gasteiger partial charge in [-0.15, -0.1) is 0 Å². The summed E-state index contributed by atoms with van der Waals surface area (Å²) >= 11 is 5.90. The van der Waals surface area contributed by atoms with Gasteiger partial charge in [0.25, 0.3) is 5.69 Å². The van der Waals surface area contributed by atoms with Gasteiger partial charge in [-0.05, 0) is 18.2 Å². The number of aliphatic imine (C=N–C) groups is 1. The SMILES string of the molecule is O=[N+]([O-])c1ccc(N=Cc2c(O)cccc2Cl)c(O)c1. The zero-order valence-electron chi connectivity index (χ0n) is 10.0. The number of rotatable bonds is 3. The molecule has 0 saturated carbocycles. The van der Waals surface area contributed by atoms with Gasteiger partial charge < -0.3 is 10.2 Å². The van der Waals surface area contributed by atoms with Gasteiger partial charge >= 0.3 is 0 Å². The van der Waals surface area contributed by atoms with E-state index in [1.54, 1.807) is 12.1 Å². The van der Waals surface area contributed by atoms with Crippen LogP contribution in [0.5, 0.6) is 11.5 Å². The minimum Gasteiger partial charge on any atom is -0.507 e. The largest absolute Gasteiger partial charge is 0.507 e. The lowest BCUT2D eigenvalue weighted by atomic mass is 10.2. The van der Waals surface area contributed by atoms with E-state index in [0.717, 1.165) is 6.07 Å². The third-order valence-corrected chi connectivity index (χ3v) is 2.86. The average molecular weight is 293 g/mol. The summed E-state index contributed by atoms with van der Waals surface area (Å²) in [5, 5.41) is 30.1. The fourth-order valence-corrected chi connectivity index (χ4v) is 1.74. The van der Waals surface area contributed by atoms with E-state index in [2.05, 4.69) is 4.99 Å². The van der Waals surface area contributed by atoms with Crippen molar-refractivity contribution in [3.8, 4) is 11.5 Å². The van der Waals surface area contributed by atoms with Crippen molar-refractivity contribution in [3.63, 3.8) is 0 Å². The first kappa shape index (κ1) is 13.8. The zero-order chi connectivity index (χ0) is 14.7. The second kappa shape index (κ2) is 5.58. The molecule has 2 aromatic carbocycles. The van der Waals surface area contributed by atoms with Crippen LogP contribution in [0.4, 0.5) is 11.4 Å². The molecule has 0 aliphatic heterocycles. The van der Waals surface area contributed by atoms with E-state index < -0.39 is 4.92 Å². The minimum atomic E-state index is -0.618. The number of nitro groups is 1. The van der Waals surface area contributed by atoms with Crippen LogP contribution in [0, 0.1) is 10.1 Å². The van der Waals surface area contributed by atoms with Gasteiger partial charge in [-0.2, -0.15) is 0 Å². The number of halogens is 1. The summed E-state index contributed by atoms with van der Waals surface area (Å²) in [7, 11) is 0. The van der Waals surface area contributed by atoms with Crippen LogP contribution in [0.2, 0.25) is 5.02 Å². The summed E-state index contributed by atoms with van der Waals surface area (Å²) in [6.45, 7) is 0. The van der Waals surface area contributed by atoms with E-state index in [-0.39, 0.29) is 22.9 Å². The quantitative estimate of drug-likeness (QED) is 0.515. The van der Waals surface area contributed by atoms with Gasteiger partial charge in [-0.1, -0.05) is 17.7 Å². The Morgan fingerprint density at radius 1 is 1.20 bits per heavy atom. The summed E-state index contributed by atoms with van der Waals surface area (Å²) in [6.07, 6.45) is 1.28. The predicted molar refractivity (Wildman–Crippen MR) is 75.1 cm³/mol. The molecule has 7 heteroatoms. The molecule has 0 unspecified atom stereocenters. The topological polar surface area (TPSA) is 96.0 Å². The van der Waals surface area contributed by atoms with Crippen LogP contribution < -0.4 is 0 Å². The second-order valence-electron chi connectivity index (χ2n) is 3.86. The van der Waals surface area contributed by atoms with Gasteiger partial charge in [-0.3, -0.25) is 15.1 Å². The van der Waals surface area contributed by atoms with Crippen LogP contribution in [0.1, 0.15) is 5.56 Å². The Morgan fingerprint density at radius 3 is 2.55 bits per heavy atom. The van der Waals surface area contributed by atoms with Crippen LogP contribution in [-0.4, -0.2) is 21.4 Å². The summed E-state index contributed by atoms with van der Waals surface area (Å²) in [4.78, 5) is 13.9. The van der Waals surface area contributed by atoms with Crippen molar-refractivity contribution in [1.29, 1.82) is 0 Å². The number of phenolic OH excluding ortho intramolecular Hbond substituents is 2. The number of hydrogen-bond donors (Lipinski definition) is 2. The second-order valence-corrected chi connectivity index (χ2v) is 4.27. The van der Waals surface area contributed by atoms with Gasteiger partial charge in [0.15, 0.2) is 0 Å². The summed E-state index contributed by atoms with van der Waals surface area (Å²) < 4.78 is 0. The number of benzene rings is 2. The van der Waals surface area contributed by atoms with Crippen LogP contribution in [0.25, 0.3) is 0 Å². The summed E-state index contributed by atoms with van der Waals surface area (Å²) in [5.41, 5.74) is 0.198. The van der Waals surface area contributed by atoms with Crippen LogP contribution in [0.3, 0.4) is 0 Å². The van der Waals surface area contributed by atoms with Crippen molar-refractivity contribution >= 4 is 29.2 Å². The molecule has 0 spiro atoms. The van der Waals surface area contributed by atoms with Crippen molar-refractivity contribution in [3.05, 3.63) is 57.1 Å². The molecule has 2 aromatic rings. The lowest BCUT2D eigenvalue weighted by molar-refractivity contribution is -0.384. The van der Waals surface area contributed by atoms with Gasteiger partial charge in [0.05, 0.1) is 21.6 Å². The maximum absolute atomic E-state index is 10.5. The molecule has 2 N–H and O–H groups in total. The van der Waals surface area contributed by atoms with E-state index in [1.165, 1.54) is 24.4 Å². The normalized spacial score (nSPS) is 10.8. The Hall–Kier alpha value is -2.60. The van der Waals surface area contributed by atoms with Crippen molar-refractivity contribution < 1.29 is 15.1 Å². The van der Waals surface area contributed by atoms with Gasteiger partial charge in [0, 0.05) is 12.3 Å². The Bertz CT molecular complexity index is 681. The molecule has 6 nitrogen and oxygen atoms in total. The number of non-ortho nitro benzene ring substituents is 1. The Labute approximate surface area is 118 Å². The lowest BCUT2D eigenvalue weighted by Gasteiger charge is -2.02. The summed E-state index contributed by atoms with van der Waals surface area (Å²) in [6, 6.07) is 8.13. The third-order valence-electron chi connectivity index (χ3n) is 2.53. The predicted octanol–water partition coefficient (Wildman–Crippen LogP) is 3.41. The Kier molecular flexibility index (Phi) is 3.86. The smallest absolute Gasteiger partial charge is 0.273 e. The minimum absolute atomic E-state index is 0.0531. The molecule has 0 atom stereocenters. The number of aromatic hydroxyl groups is 2. The van der Waals surface area contributed by atoms with Gasteiger partial charge in [-0.25, -0.2) is 0 Å². The van der Waals surface area contributed by atoms with E-state index in [9.17, 15) is 20.3 Å². The van der Waals surface area contributed by atoms with Crippen molar-refractivity contribution in [2.24, 2.45) is 4.99 Å². The maximum Gasteiger partial charge on any atom is 0.273 e. The highest BCUT2D eigenvalue weighted by Gasteiger charge is 2.09. The fourth-order valence-electron chi connectivity index (χ4n) is 1.52. The first-order valence-electron chi connectivity index (χ1n) is 5.48. The van der Waals surface area contributed by atoms with E-state index in [1.807, 2.05) is 0 Å². The van der Waals surface area contributed by atoms with Gasteiger partial charge in [0.2, 0.25) is 0 Å². The number of hydrogen-bond acceptors (Lipinski definition) is 5. The molecular formula is C13H9ClN2O4. The molecule has 2 rings (SSSR count). The lowest BCUT2D eigenvalue weighted by Crippen LogP contribution is -1.87. The number of phenols is 2. The highest BCUT2D eigenvalue weighted by atomic mass is 35.5. The van der Waals surface area contributed by atoms with Gasteiger partial charge in [0.1, 0.15) is 17.2 Å². The zero-order valence-corrected chi connectivity index (χ0v) is 10.8. The third kappa shape index (κ3) is 2.86. The molecule has 0 radical (unpaired) electrons. The molecule has 0 aromatic heterocycles. The monoisotopic (exact) mass is 292 g/mol. The fraction of sp³-hybridized carbons (Fsp3) is 0. The Balaban J connectivity index is 2.35. The number of nitro benzene ring substituents is 1. The Morgan fingerprint density at radius 2 is 1.95 bits per heavy atom. The molecule has 0 heterocycles. The standard InChI is InChI=1S/C13H9ClN2O4/c14-10-2-1-3-12(17)9(10)7-15-11-5-4-8(16(19)20)6-13(11)18/h1-7,17-18H. The molecule has 0 fully saturated rings. The number of nitrogens with zero attached hydrogens (tertiary/aromatic N) is 2.